The van der Waals surface area contributed by atoms with Crippen LogP contribution in [0.4, 0.5) is 5.69 Å². The second-order valence-corrected chi connectivity index (χ2v) is 5.44. The SMILES string of the molecule is O=C(C1=NN(c2ccccc2)C(=O)CC1)N1CCCCC1. The monoisotopic (exact) mass is 285 g/mol. The van der Waals surface area contributed by atoms with E-state index in [1.54, 1.807) is 0 Å². The topological polar surface area (TPSA) is 53.0 Å². The van der Waals surface area contributed by atoms with Gasteiger partial charge in [-0.05, 0) is 31.4 Å². The Morgan fingerprint density at radius 3 is 2.43 bits per heavy atom. The van der Waals surface area contributed by atoms with Gasteiger partial charge in [-0.1, -0.05) is 18.2 Å². The van der Waals surface area contributed by atoms with Gasteiger partial charge in [-0.15, -0.1) is 0 Å². The highest BCUT2D eigenvalue weighted by atomic mass is 16.2. The maximum absolute atomic E-state index is 12.5. The third-order valence-corrected chi connectivity index (χ3v) is 3.92. The van der Waals surface area contributed by atoms with Crippen LogP contribution in [0.3, 0.4) is 0 Å². The molecule has 2 aliphatic rings. The molecular weight excluding hydrogens is 266 g/mol. The van der Waals surface area contributed by atoms with Crippen LogP contribution in [0.25, 0.3) is 0 Å². The van der Waals surface area contributed by atoms with Gasteiger partial charge >= 0.3 is 0 Å². The van der Waals surface area contributed by atoms with E-state index in [9.17, 15) is 9.59 Å². The number of para-hydroxylation sites is 1. The first-order chi connectivity index (χ1) is 10.3. The maximum Gasteiger partial charge on any atom is 0.270 e. The zero-order chi connectivity index (χ0) is 14.7. The molecular formula is C16H19N3O2. The molecule has 2 aliphatic heterocycles. The predicted octanol–water partition coefficient (Wildman–Crippen LogP) is 2.18. The fraction of sp³-hybridized carbons (Fsp3) is 0.438. The molecule has 0 N–H and O–H groups in total. The summed E-state index contributed by atoms with van der Waals surface area (Å²) in [5, 5.41) is 5.68. The van der Waals surface area contributed by atoms with E-state index in [1.807, 2.05) is 35.2 Å². The Labute approximate surface area is 124 Å². The highest BCUT2D eigenvalue weighted by Gasteiger charge is 2.28. The molecule has 1 saturated heterocycles. The van der Waals surface area contributed by atoms with Crippen LogP contribution in [0, 0.1) is 0 Å². The number of hydrogen-bond acceptors (Lipinski definition) is 3. The van der Waals surface area contributed by atoms with Crippen molar-refractivity contribution in [1.29, 1.82) is 0 Å². The zero-order valence-corrected chi connectivity index (χ0v) is 12.0. The highest BCUT2D eigenvalue weighted by Crippen LogP contribution is 2.21. The minimum atomic E-state index is -0.0589. The van der Waals surface area contributed by atoms with Crippen molar-refractivity contribution in [2.75, 3.05) is 18.1 Å². The largest absolute Gasteiger partial charge is 0.338 e. The summed E-state index contributed by atoms with van der Waals surface area (Å²) in [6.07, 6.45) is 4.08. The molecule has 0 aliphatic carbocycles. The van der Waals surface area contributed by atoms with Gasteiger partial charge in [0, 0.05) is 25.9 Å². The van der Waals surface area contributed by atoms with Crippen molar-refractivity contribution < 1.29 is 9.59 Å². The van der Waals surface area contributed by atoms with Gasteiger partial charge in [0.1, 0.15) is 5.71 Å². The van der Waals surface area contributed by atoms with E-state index in [0.717, 1.165) is 25.9 Å². The molecule has 5 heteroatoms. The molecule has 110 valence electrons. The van der Waals surface area contributed by atoms with Gasteiger partial charge in [-0.25, -0.2) is 5.01 Å². The maximum atomic E-state index is 12.5. The number of likely N-dealkylation sites (tertiary alicyclic amines) is 1. The van der Waals surface area contributed by atoms with Crippen molar-refractivity contribution in [3.63, 3.8) is 0 Å². The summed E-state index contributed by atoms with van der Waals surface area (Å²) in [4.78, 5) is 26.4. The van der Waals surface area contributed by atoms with E-state index in [-0.39, 0.29) is 11.8 Å². The molecule has 21 heavy (non-hydrogen) atoms. The van der Waals surface area contributed by atoms with Gasteiger partial charge in [-0.3, -0.25) is 9.59 Å². The van der Waals surface area contributed by atoms with Crippen molar-refractivity contribution in [2.24, 2.45) is 5.10 Å². The number of amides is 2. The minimum Gasteiger partial charge on any atom is -0.338 e. The smallest absolute Gasteiger partial charge is 0.270 e. The van der Waals surface area contributed by atoms with Crippen LogP contribution in [0.1, 0.15) is 32.1 Å². The van der Waals surface area contributed by atoms with E-state index >= 15 is 0 Å². The molecule has 0 unspecified atom stereocenters. The lowest BCUT2D eigenvalue weighted by atomic mass is 10.1. The summed E-state index contributed by atoms with van der Waals surface area (Å²) in [6.45, 7) is 1.61. The predicted molar refractivity (Wildman–Crippen MR) is 81.0 cm³/mol. The Balaban J connectivity index is 1.82. The minimum absolute atomic E-state index is 0.0110. The van der Waals surface area contributed by atoms with Crippen molar-refractivity contribution in [1.82, 2.24) is 4.90 Å². The molecule has 2 amide bonds. The molecule has 3 rings (SSSR count). The molecule has 0 bridgehead atoms. The van der Waals surface area contributed by atoms with Crippen LogP contribution in [0.5, 0.6) is 0 Å². The number of benzene rings is 1. The van der Waals surface area contributed by atoms with E-state index in [0.29, 0.717) is 24.2 Å². The average molecular weight is 285 g/mol. The Kier molecular flexibility index (Phi) is 3.99. The second kappa shape index (κ2) is 6.08. The third kappa shape index (κ3) is 2.96. The van der Waals surface area contributed by atoms with E-state index in [4.69, 9.17) is 0 Å². The number of carbonyl (C=O) groups is 2. The number of rotatable bonds is 2. The van der Waals surface area contributed by atoms with E-state index < -0.39 is 0 Å². The first-order valence-corrected chi connectivity index (χ1v) is 7.50. The van der Waals surface area contributed by atoms with Crippen LogP contribution >= 0.6 is 0 Å². The third-order valence-electron chi connectivity index (χ3n) is 3.92. The summed E-state index contributed by atoms with van der Waals surface area (Å²) < 4.78 is 0. The van der Waals surface area contributed by atoms with Crippen LogP contribution < -0.4 is 5.01 Å². The number of carbonyl (C=O) groups excluding carboxylic acids is 2. The molecule has 1 fully saturated rings. The van der Waals surface area contributed by atoms with Crippen molar-refractivity contribution in [3.05, 3.63) is 30.3 Å². The fourth-order valence-electron chi connectivity index (χ4n) is 2.76. The number of anilines is 1. The van der Waals surface area contributed by atoms with Crippen molar-refractivity contribution in [3.8, 4) is 0 Å². The summed E-state index contributed by atoms with van der Waals surface area (Å²) in [5.41, 5.74) is 1.21. The number of nitrogens with zero attached hydrogens (tertiary/aromatic N) is 3. The molecule has 1 aromatic carbocycles. The molecule has 0 saturated carbocycles. The molecule has 0 aromatic heterocycles. The van der Waals surface area contributed by atoms with Gasteiger partial charge in [0.25, 0.3) is 5.91 Å². The molecule has 0 spiro atoms. The Bertz CT molecular complexity index is 562. The summed E-state index contributed by atoms with van der Waals surface area (Å²) in [6, 6.07) is 9.27. The lowest BCUT2D eigenvalue weighted by Crippen LogP contribution is -2.43. The first kappa shape index (κ1) is 13.8. The Morgan fingerprint density at radius 1 is 1.00 bits per heavy atom. The average Bonchev–Trinajstić information content (AvgIpc) is 2.56. The summed E-state index contributed by atoms with van der Waals surface area (Å²) in [5.74, 6) is -0.0699. The zero-order valence-electron chi connectivity index (χ0n) is 12.0. The first-order valence-electron chi connectivity index (χ1n) is 7.50. The number of piperidine rings is 1. The van der Waals surface area contributed by atoms with Crippen LogP contribution in [-0.2, 0) is 9.59 Å². The van der Waals surface area contributed by atoms with Crippen molar-refractivity contribution >= 4 is 23.2 Å². The number of hydrogen-bond donors (Lipinski definition) is 0. The Morgan fingerprint density at radius 2 is 1.71 bits per heavy atom. The fourth-order valence-corrected chi connectivity index (χ4v) is 2.76. The molecule has 1 aromatic rings. The van der Waals surface area contributed by atoms with Gasteiger partial charge in [0.15, 0.2) is 0 Å². The summed E-state index contributed by atoms with van der Waals surface area (Å²) >= 11 is 0. The standard InChI is InChI=1S/C16H19N3O2/c20-15-10-9-14(16(21)18-11-5-2-6-12-18)17-19(15)13-7-3-1-4-8-13/h1,3-4,7-8H,2,5-6,9-12H2. The van der Waals surface area contributed by atoms with Crippen molar-refractivity contribution in [2.45, 2.75) is 32.1 Å². The second-order valence-electron chi connectivity index (χ2n) is 5.44. The highest BCUT2D eigenvalue weighted by molar-refractivity contribution is 6.40. The normalized spacial score (nSPS) is 19.4. The molecule has 5 nitrogen and oxygen atoms in total. The van der Waals surface area contributed by atoms with Crippen LogP contribution in [0.2, 0.25) is 0 Å². The van der Waals surface area contributed by atoms with Gasteiger partial charge in [0.2, 0.25) is 5.91 Å². The van der Waals surface area contributed by atoms with E-state index in [1.165, 1.54) is 11.4 Å². The van der Waals surface area contributed by atoms with Gasteiger partial charge < -0.3 is 4.90 Å². The van der Waals surface area contributed by atoms with Crippen LogP contribution in [-0.4, -0.2) is 35.5 Å². The lowest BCUT2D eigenvalue weighted by molar-refractivity contribution is -0.125. The van der Waals surface area contributed by atoms with Gasteiger partial charge in [-0.2, -0.15) is 5.10 Å². The molecule has 2 heterocycles. The van der Waals surface area contributed by atoms with Crippen LogP contribution in [0.15, 0.2) is 35.4 Å². The Hall–Kier alpha value is -2.17. The lowest BCUT2D eigenvalue weighted by Gasteiger charge is -2.29. The number of hydrazone groups is 1. The van der Waals surface area contributed by atoms with E-state index in [2.05, 4.69) is 5.10 Å². The summed E-state index contributed by atoms with van der Waals surface area (Å²) in [7, 11) is 0. The molecule has 0 radical (unpaired) electrons. The van der Waals surface area contributed by atoms with Gasteiger partial charge in [0.05, 0.1) is 5.69 Å². The quantitative estimate of drug-likeness (QED) is 0.836. The molecule has 0 atom stereocenters.